The van der Waals surface area contributed by atoms with Crippen LogP contribution in [0.2, 0.25) is 0 Å². The van der Waals surface area contributed by atoms with Gasteiger partial charge in [-0.3, -0.25) is 14.4 Å². The largest absolute Gasteiger partial charge is 2.00 e. The molecule has 1 aliphatic carbocycles. The van der Waals surface area contributed by atoms with E-state index in [2.05, 4.69) is 61.1 Å². The van der Waals surface area contributed by atoms with Crippen LogP contribution in [0.5, 0.6) is 0 Å². The number of methoxy groups -OCH3 is 1. The number of hydrogen-bond acceptors (Lipinski definition) is 5. The molecule has 0 aromatic carbocycles. The first kappa shape index (κ1) is 50.7. The average Bonchev–Trinajstić information content (AvgIpc) is 3.99. The molecule has 0 spiro atoms. The molecule has 3 aromatic heterocycles. The molecule has 1 fully saturated rings. The predicted octanol–water partition coefficient (Wildman–Crippen LogP) is 9.98. The van der Waals surface area contributed by atoms with Gasteiger partial charge in [0.15, 0.2) is 5.78 Å². The maximum atomic E-state index is 14.3. The van der Waals surface area contributed by atoms with Gasteiger partial charge in [-0.15, -0.1) is 33.5 Å². The summed E-state index contributed by atoms with van der Waals surface area (Å²) in [5.41, 5.74) is 9.47. The number of allylic oxidation sites excluding steroid dienone is 3. The third-order valence-electron chi connectivity index (χ3n) is 13.9. The quantitative estimate of drug-likeness (QED) is 0.0361. The van der Waals surface area contributed by atoms with E-state index in [-0.39, 0.29) is 59.7 Å². The molecule has 0 radical (unpaired) electrons. The Bertz CT molecular complexity index is 2400. The van der Waals surface area contributed by atoms with E-state index < -0.39 is 11.9 Å². The Morgan fingerprint density at radius 3 is 2.14 bits per heavy atom. The van der Waals surface area contributed by atoms with Crippen LogP contribution in [-0.2, 0) is 25.5 Å². The first-order chi connectivity index (χ1) is 30.2. The summed E-state index contributed by atoms with van der Waals surface area (Å²) < 4.78 is 11.0. The van der Waals surface area contributed by atoms with Crippen LogP contribution in [0.15, 0.2) is 30.1 Å². The van der Waals surface area contributed by atoms with E-state index in [0.717, 1.165) is 87.1 Å². The van der Waals surface area contributed by atoms with Gasteiger partial charge in [-0.1, -0.05) is 157 Å². The number of carbonyl (C=O) groups is 3. The van der Waals surface area contributed by atoms with E-state index in [9.17, 15) is 14.4 Å². The summed E-state index contributed by atoms with van der Waals surface area (Å²) >= 11 is 0. The zero-order valence-electron chi connectivity index (χ0n) is 40.4. The Morgan fingerprint density at radius 2 is 1.48 bits per heavy atom. The maximum Gasteiger partial charge on any atom is 2.00 e. The minimum absolute atomic E-state index is 0. The monoisotopic (exact) mass is 879 g/mol. The molecule has 8 bridgehead atoms. The molecule has 0 N–H and O–H groups in total. The van der Waals surface area contributed by atoms with Crippen molar-refractivity contribution < 1.29 is 23.9 Å². The van der Waals surface area contributed by atoms with Crippen LogP contribution in [0.1, 0.15) is 173 Å². The molecule has 3 aromatic rings. The molecule has 6 rings (SSSR count). The van der Waals surface area contributed by atoms with Crippen molar-refractivity contribution in [2.24, 2.45) is 35.5 Å². The number of rotatable bonds is 20. The van der Waals surface area contributed by atoms with Gasteiger partial charge in [0, 0.05) is 12.0 Å². The molecule has 10 heteroatoms. The Morgan fingerprint density at radius 1 is 0.828 bits per heavy atom. The van der Waals surface area contributed by atoms with Crippen molar-refractivity contribution in [3.8, 4) is 0 Å². The molecule has 340 valence electrons. The van der Waals surface area contributed by atoms with Crippen molar-refractivity contribution in [2.75, 3.05) is 13.7 Å². The molecular formula is C54H70MgN4O5-2. The van der Waals surface area contributed by atoms with Crippen LogP contribution >= 0.6 is 0 Å². The second-order valence-electron chi connectivity index (χ2n) is 18.9. The summed E-state index contributed by atoms with van der Waals surface area (Å²) in [6, 6.07) is 0. The van der Waals surface area contributed by atoms with Gasteiger partial charge in [0.25, 0.3) is 0 Å². The number of unbranched alkanes of at least 4 members (excludes halogenated alkanes) is 1. The van der Waals surface area contributed by atoms with Gasteiger partial charge >= 0.3 is 35.0 Å². The summed E-state index contributed by atoms with van der Waals surface area (Å²) in [5.74, 6) is -0.699. The van der Waals surface area contributed by atoms with Gasteiger partial charge in [0.05, 0.1) is 7.11 Å². The molecule has 2 aliphatic heterocycles. The average molecular weight is 879 g/mol. The predicted molar refractivity (Wildman–Crippen MR) is 260 cm³/mol. The first-order valence-electron chi connectivity index (χ1n) is 23.6. The summed E-state index contributed by atoms with van der Waals surface area (Å²) in [4.78, 5) is 56.4. The van der Waals surface area contributed by atoms with Crippen molar-refractivity contribution in [3.05, 3.63) is 102 Å². The number of Topliss-reactive ketones (excluding diaryl/α,β-unsaturated/α-hetero) is 1. The van der Waals surface area contributed by atoms with Gasteiger partial charge in [0.1, 0.15) is 12.5 Å². The summed E-state index contributed by atoms with van der Waals surface area (Å²) in [6.07, 6.45) is 24.4. The Hall–Kier alpha value is -4.28. The van der Waals surface area contributed by atoms with E-state index in [1.54, 1.807) is 0 Å². The summed E-state index contributed by atoms with van der Waals surface area (Å²) in [7, 11) is 1.29. The van der Waals surface area contributed by atoms with Crippen LogP contribution in [0.3, 0.4) is 0 Å². The summed E-state index contributed by atoms with van der Waals surface area (Å²) in [5, 5.41) is 6.82. The van der Waals surface area contributed by atoms with Gasteiger partial charge in [0.2, 0.25) is 0 Å². The number of esters is 2. The third kappa shape index (κ3) is 11.2. The molecule has 5 atom stereocenters. The third-order valence-corrected chi connectivity index (χ3v) is 13.9. The maximum absolute atomic E-state index is 14.3. The molecule has 0 amide bonds. The second kappa shape index (κ2) is 22.8. The molecule has 64 heavy (non-hydrogen) atoms. The van der Waals surface area contributed by atoms with Gasteiger partial charge < -0.3 is 29.7 Å². The number of hydrogen-bond donors (Lipinski definition) is 0. The van der Waals surface area contributed by atoms with E-state index in [1.807, 2.05) is 44.2 Å². The minimum atomic E-state index is -1.22. The minimum Gasteiger partial charge on any atom is -0.664 e. The number of ether oxygens (including phenoxy) is 2. The second-order valence-corrected chi connectivity index (χ2v) is 18.9. The molecule has 9 nitrogen and oxygen atoms in total. The fourth-order valence-electron chi connectivity index (χ4n) is 9.88. The van der Waals surface area contributed by atoms with Crippen LogP contribution in [-0.4, -0.2) is 54.5 Å². The van der Waals surface area contributed by atoms with E-state index in [0.29, 0.717) is 40.2 Å². The number of fused-ring (bicyclic) bond motifs is 7. The number of nitrogens with zero attached hydrogens (tertiary/aromatic N) is 4. The standard InChI is InChI=1S/C54H71N4O5.Mg/c1-12-38-34(7)41-28-43-36(9)40(25-26-47(59)63-27-17-15-14-16-21-32(5)23-19-24-33(6)22-18-20-31(3)4)51(57-43)49-50(54(61)62-11)53(60)48-37(10)44(58-52(48)49)30-46-39(13-2)35(8)42(56-46)29-45(38)55-41;/h12,15,17,28-33,36,40,50H,1,13-14,16,18-27H2,2-11H3,(H-,57,58,60);/q-3;+2/p-1/b17-15-,42-29-,43-28-,46-30-;/t32-,33+,36-,40-,50+;/m0./s1. The molecule has 3 aliphatic rings. The SMILES string of the molecule is C=Cc1c2[n-]c(c1C)/C=C1\[N-]/C(=C3\c4[n-]c(c(C)c4C(=O)[C@@H]3C(=O)OC)/C=c3\[n-]/c(c(C)c3CC)=C\2)[C@@H](CCC(=O)OC/C=C\CCC[C@H](C)CCC[C@H](C)CCCC(C)C)[C@@H]1C.[Mg+2]. The van der Waals surface area contributed by atoms with Gasteiger partial charge in [-0.2, -0.15) is 11.4 Å². The van der Waals surface area contributed by atoms with Crippen LogP contribution in [0.25, 0.3) is 35.2 Å². The molecule has 1 saturated heterocycles. The van der Waals surface area contributed by atoms with Crippen LogP contribution < -0.4 is 25.7 Å². The van der Waals surface area contributed by atoms with Gasteiger partial charge in [-0.25, -0.2) is 0 Å². The van der Waals surface area contributed by atoms with Crippen LogP contribution in [0.4, 0.5) is 0 Å². The van der Waals surface area contributed by atoms with E-state index in [4.69, 9.17) is 29.7 Å². The van der Waals surface area contributed by atoms with Crippen molar-refractivity contribution in [1.82, 2.24) is 15.0 Å². The van der Waals surface area contributed by atoms with Crippen LogP contribution in [0, 0.1) is 56.3 Å². The normalized spacial score (nSPS) is 21.6. The molecule has 0 saturated carbocycles. The fourth-order valence-corrected chi connectivity index (χ4v) is 9.88. The smallest absolute Gasteiger partial charge is 0.664 e. The van der Waals surface area contributed by atoms with Crippen molar-refractivity contribution in [2.45, 2.75) is 139 Å². The number of ketones is 1. The Balaban J connectivity index is 0.00000771. The number of carbonyl (C=O) groups excluding carboxylic acids is 3. The topological polar surface area (TPSA) is 126 Å². The summed E-state index contributed by atoms with van der Waals surface area (Å²) in [6.45, 7) is 23.9. The van der Waals surface area contributed by atoms with Crippen molar-refractivity contribution in [3.63, 3.8) is 0 Å². The van der Waals surface area contributed by atoms with Crippen molar-refractivity contribution in [1.29, 1.82) is 0 Å². The fraction of sp³-hybridized carbons (Fsp3) is 0.537. The van der Waals surface area contributed by atoms with E-state index in [1.165, 1.54) is 52.1 Å². The number of aromatic nitrogens is 3. The Kier molecular flexibility index (Phi) is 18.0. The van der Waals surface area contributed by atoms with Crippen molar-refractivity contribution >= 4 is 70.7 Å². The first-order valence-corrected chi connectivity index (χ1v) is 23.6. The molecular weight excluding hydrogens is 809 g/mol. The molecule has 5 heterocycles. The zero-order valence-corrected chi connectivity index (χ0v) is 41.8. The van der Waals surface area contributed by atoms with E-state index >= 15 is 0 Å². The zero-order chi connectivity index (χ0) is 45.5. The Labute approximate surface area is 398 Å². The van der Waals surface area contributed by atoms with Gasteiger partial charge in [-0.05, 0) is 81.6 Å². The molecule has 0 unspecified atom stereocenters.